The highest BCUT2D eigenvalue weighted by molar-refractivity contribution is 7.92. The van der Waals surface area contributed by atoms with Crippen LogP contribution in [-0.4, -0.2) is 14.2 Å². The van der Waals surface area contributed by atoms with Crippen molar-refractivity contribution in [3.8, 4) is 0 Å². The van der Waals surface area contributed by atoms with E-state index in [-0.39, 0.29) is 5.75 Å². The van der Waals surface area contributed by atoms with Crippen molar-refractivity contribution in [2.45, 2.75) is 6.92 Å². The number of sulfonamides is 1. The standard InChI is InChI=1S/C8H8F3NO2S/c1-2-15(13,14)12-8-6(10)3-5(9)4-7(8)11/h3-4,12H,2H2,1H3. The summed E-state index contributed by atoms with van der Waals surface area (Å²) in [6.45, 7) is 1.31. The Morgan fingerprint density at radius 1 is 1.20 bits per heavy atom. The summed E-state index contributed by atoms with van der Waals surface area (Å²) in [4.78, 5) is 0. The molecule has 0 aliphatic rings. The Morgan fingerprint density at radius 2 is 1.67 bits per heavy atom. The molecule has 0 aromatic heterocycles. The molecule has 0 aliphatic carbocycles. The number of halogens is 3. The maximum Gasteiger partial charge on any atom is 0.232 e. The molecule has 7 heteroatoms. The van der Waals surface area contributed by atoms with Gasteiger partial charge in [-0.3, -0.25) is 4.72 Å². The molecule has 0 spiro atoms. The molecule has 0 saturated carbocycles. The summed E-state index contributed by atoms with van der Waals surface area (Å²) in [5, 5.41) is 0. The molecule has 1 rings (SSSR count). The summed E-state index contributed by atoms with van der Waals surface area (Å²) < 4.78 is 62.1. The fourth-order valence-corrected chi connectivity index (χ4v) is 1.52. The van der Waals surface area contributed by atoms with Gasteiger partial charge in [-0.25, -0.2) is 21.6 Å². The van der Waals surface area contributed by atoms with Crippen LogP contribution in [0.1, 0.15) is 6.92 Å². The van der Waals surface area contributed by atoms with Crippen LogP contribution < -0.4 is 4.72 Å². The third-order valence-corrected chi connectivity index (χ3v) is 2.92. The van der Waals surface area contributed by atoms with Gasteiger partial charge in [0.05, 0.1) is 5.75 Å². The zero-order chi connectivity index (χ0) is 11.6. The largest absolute Gasteiger partial charge is 0.278 e. The first-order valence-corrected chi connectivity index (χ1v) is 5.66. The van der Waals surface area contributed by atoms with Crippen molar-refractivity contribution < 1.29 is 21.6 Å². The molecule has 0 heterocycles. The molecule has 0 unspecified atom stereocenters. The van der Waals surface area contributed by atoms with E-state index in [4.69, 9.17) is 0 Å². The average molecular weight is 239 g/mol. The minimum absolute atomic E-state index is 0.330. The lowest BCUT2D eigenvalue weighted by Crippen LogP contribution is -2.16. The highest BCUT2D eigenvalue weighted by Crippen LogP contribution is 2.21. The van der Waals surface area contributed by atoms with Gasteiger partial charge in [0, 0.05) is 12.1 Å². The Kier molecular flexibility index (Phi) is 3.23. The molecule has 0 saturated heterocycles. The second-order valence-electron chi connectivity index (χ2n) is 2.75. The van der Waals surface area contributed by atoms with E-state index in [1.54, 1.807) is 4.72 Å². The highest BCUT2D eigenvalue weighted by atomic mass is 32.2. The lowest BCUT2D eigenvalue weighted by Gasteiger charge is -2.07. The van der Waals surface area contributed by atoms with E-state index < -0.39 is 33.2 Å². The molecule has 0 bridgehead atoms. The van der Waals surface area contributed by atoms with Crippen molar-refractivity contribution >= 4 is 15.7 Å². The zero-order valence-electron chi connectivity index (χ0n) is 7.72. The van der Waals surface area contributed by atoms with Crippen LogP contribution >= 0.6 is 0 Å². The number of anilines is 1. The Balaban J connectivity index is 3.17. The van der Waals surface area contributed by atoms with Gasteiger partial charge in [0.25, 0.3) is 0 Å². The van der Waals surface area contributed by atoms with Crippen molar-refractivity contribution in [1.29, 1.82) is 0 Å². The molecule has 1 aromatic carbocycles. The second-order valence-corrected chi connectivity index (χ2v) is 4.76. The zero-order valence-corrected chi connectivity index (χ0v) is 8.54. The van der Waals surface area contributed by atoms with Gasteiger partial charge >= 0.3 is 0 Å². The third kappa shape index (κ3) is 2.85. The van der Waals surface area contributed by atoms with Crippen LogP contribution in [0.5, 0.6) is 0 Å². The SMILES string of the molecule is CCS(=O)(=O)Nc1c(F)cc(F)cc1F. The van der Waals surface area contributed by atoms with E-state index in [9.17, 15) is 21.6 Å². The average Bonchev–Trinajstić information content (AvgIpc) is 2.11. The molecule has 1 N–H and O–H groups in total. The smallest absolute Gasteiger partial charge is 0.232 e. The highest BCUT2D eigenvalue weighted by Gasteiger charge is 2.16. The van der Waals surface area contributed by atoms with E-state index in [1.807, 2.05) is 0 Å². The van der Waals surface area contributed by atoms with Crippen molar-refractivity contribution in [3.63, 3.8) is 0 Å². The second kappa shape index (κ2) is 4.09. The van der Waals surface area contributed by atoms with E-state index in [0.29, 0.717) is 12.1 Å². The summed E-state index contributed by atoms with van der Waals surface area (Å²) in [6.07, 6.45) is 0. The van der Waals surface area contributed by atoms with Gasteiger partial charge in [-0.1, -0.05) is 0 Å². The maximum absolute atomic E-state index is 13.0. The van der Waals surface area contributed by atoms with Crippen molar-refractivity contribution in [2.24, 2.45) is 0 Å². The fraction of sp³-hybridized carbons (Fsp3) is 0.250. The van der Waals surface area contributed by atoms with Gasteiger partial charge in [0.1, 0.15) is 11.5 Å². The monoisotopic (exact) mass is 239 g/mol. The van der Waals surface area contributed by atoms with Crippen LogP contribution in [0.2, 0.25) is 0 Å². The normalized spacial score (nSPS) is 11.5. The number of nitrogens with one attached hydrogen (secondary N) is 1. The number of hydrogen-bond donors (Lipinski definition) is 1. The molecule has 0 amide bonds. The molecule has 3 nitrogen and oxygen atoms in total. The Bertz CT molecular complexity index is 450. The quantitative estimate of drug-likeness (QED) is 0.875. The van der Waals surface area contributed by atoms with Crippen LogP contribution in [0.25, 0.3) is 0 Å². The van der Waals surface area contributed by atoms with Crippen LogP contribution in [0.4, 0.5) is 18.9 Å². The molecule has 0 aliphatic heterocycles. The van der Waals surface area contributed by atoms with Crippen molar-refractivity contribution in [2.75, 3.05) is 10.5 Å². The van der Waals surface area contributed by atoms with Crippen molar-refractivity contribution in [1.82, 2.24) is 0 Å². The van der Waals surface area contributed by atoms with Gasteiger partial charge in [0.15, 0.2) is 11.6 Å². The Morgan fingerprint density at radius 3 is 2.07 bits per heavy atom. The Hall–Kier alpha value is -1.24. The van der Waals surface area contributed by atoms with E-state index in [0.717, 1.165) is 0 Å². The summed E-state index contributed by atoms with van der Waals surface area (Å²) in [5.74, 6) is -4.01. The fourth-order valence-electron chi connectivity index (χ4n) is 0.867. The predicted molar refractivity (Wildman–Crippen MR) is 49.4 cm³/mol. The van der Waals surface area contributed by atoms with Gasteiger partial charge < -0.3 is 0 Å². The lowest BCUT2D eigenvalue weighted by molar-refractivity contribution is 0.547. The topological polar surface area (TPSA) is 46.2 Å². The molecule has 0 fully saturated rings. The third-order valence-electron chi connectivity index (χ3n) is 1.64. The molecule has 0 atom stereocenters. The Labute approximate surface area is 85.0 Å². The molecule has 15 heavy (non-hydrogen) atoms. The van der Waals surface area contributed by atoms with Crippen LogP contribution in [0.15, 0.2) is 12.1 Å². The first-order chi connectivity index (χ1) is 6.85. The molecular weight excluding hydrogens is 231 g/mol. The van der Waals surface area contributed by atoms with Crippen LogP contribution in [0, 0.1) is 17.5 Å². The van der Waals surface area contributed by atoms with Gasteiger partial charge in [0.2, 0.25) is 10.0 Å². The summed E-state index contributed by atoms with van der Waals surface area (Å²) in [7, 11) is -3.78. The molecule has 1 aromatic rings. The molecule has 0 radical (unpaired) electrons. The van der Waals surface area contributed by atoms with Crippen molar-refractivity contribution in [3.05, 3.63) is 29.6 Å². The molecule has 84 valence electrons. The van der Waals surface area contributed by atoms with E-state index >= 15 is 0 Å². The first-order valence-electron chi connectivity index (χ1n) is 4.00. The van der Waals surface area contributed by atoms with Gasteiger partial charge in [-0.15, -0.1) is 0 Å². The number of rotatable bonds is 3. The van der Waals surface area contributed by atoms with Gasteiger partial charge in [-0.2, -0.15) is 0 Å². The maximum atomic E-state index is 13.0. The van der Waals surface area contributed by atoms with E-state index in [2.05, 4.69) is 0 Å². The van der Waals surface area contributed by atoms with Crippen LogP contribution in [-0.2, 0) is 10.0 Å². The molecular formula is C8H8F3NO2S. The lowest BCUT2D eigenvalue weighted by atomic mass is 10.3. The summed E-state index contributed by atoms with van der Waals surface area (Å²) >= 11 is 0. The van der Waals surface area contributed by atoms with Gasteiger partial charge in [-0.05, 0) is 6.92 Å². The van der Waals surface area contributed by atoms with Crippen LogP contribution in [0.3, 0.4) is 0 Å². The number of hydrogen-bond acceptors (Lipinski definition) is 2. The minimum atomic E-state index is -3.78. The van der Waals surface area contributed by atoms with E-state index in [1.165, 1.54) is 6.92 Å². The minimum Gasteiger partial charge on any atom is -0.278 e. The predicted octanol–water partition coefficient (Wildman–Crippen LogP) is 1.87. The summed E-state index contributed by atoms with van der Waals surface area (Å²) in [5.41, 5.74) is -0.863. The number of benzene rings is 1. The first kappa shape index (κ1) is 11.8. The summed E-state index contributed by atoms with van der Waals surface area (Å²) in [6, 6.07) is 0.799.